The highest BCUT2D eigenvalue weighted by atomic mass is 19.1. The van der Waals surface area contributed by atoms with Crippen LogP contribution in [0.1, 0.15) is 44.9 Å². The molecule has 0 aromatic heterocycles. The van der Waals surface area contributed by atoms with Crippen molar-refractivity contribution in [1.29, 1.82) is 0 Å². The number of ether oxygens (including phenoxy) is 1. The molecule has 0 radical (unpaired) electrons. The van der Waals surface area contributed by atoms with Crippen molar-refractivity contribution in [3.05, 3.63) is 24.0 Å². The van der Waals surface area contributed by atoms with Gasteiger partial charge in [-0.2, -0.15) is 0 Å². The van der Waals surface area contributed by atoms with Gasteiger partial charge in [0.1, 0.15) is 5.82 Å². The highest BCUT2D eigenvalue weighted by molar-refractivity contribution is 5.98. The van der Waals surface area contributed by atoms with Gasteiger partial charge >= 0.3 is 0 Å². The summed E-state index contributed by atoms with van der Waals surface area (Å²) in [4.78, 5) is 19.8. The Balaban J connectivity index is 1.31. The van der Waals surface area contributed by atoms with E-state index in [0.717, 1.165) is 45.2 Å². The SMILES string of the molecule is O=C1N(c2ccc(N3CCC(N4CCCC4)C3)c(F)c2)CCCC12CCOCC2. The van der Waals surface area contributed by atoms with Crippen molar-refractivity contribution in [2.45, 2.75) is 51.0 Å². The Bertz CT molecular complexity index is 753. The van der Waals surface area contributed by atoms with Crippen molar-refractivity contribution in [2.75, 3.05) is 55.7 Å². The minimum Gasteiger partial charge on any atom is -0.381 e. The number of amides is 1. The second-order valence-corrected chi connectivity index (χ2v) is 9.22. The Kier molecular flexibility index (Phi) is 5.25. The molecule has 1 atom stereocenters. The van der Waals surface area contributed by atoms with Gasteiger partial charge in [-0.25, -0.2) is 4.39 Å². The molecule has 1 aromatic carbocycles. The molecule has 4 heterocycles. The molecule has 0 bridgehead atoms. The van der Waals surface area contributed by atoms with E-state index in [1.807, 2.05) is 17.0 Å². The molecule has 5 nitrogen and oxygen atoms in total. The van der Waals surface area contributed by atoms with Gasteiger partial charge in [0, 0.05) is 44.6 Å². The zero-order valence-electron chi connectivity index (χ0n) is 17.2. The third-order valence-corrected chi connectivity index (χ3v) is 7.59. The quantitative estimate of drug-likeness (QED) is 0.778. The lowest BCUT2D eigenvalue weighted by Crippen LogP contribution is -2.51. The van der Waals surface area contributed by atoms with Crippen molar-refractivity contribution in [3.63, 3.8) is 0 Å². The number of anilines is 2. The zero-order chi connectivity index (χ0) is 19.8. The van der Waals surface area contributed by atoms with Gasteiger partial charge in [0.25, 0.3) is 0 Å². The van der Waals surface area contributed by atoms with Crippen LogP contribution in [0.25, 0.3) is 0 Å². The first-order valence-electron chi connectivity index (χ1n) is 11.3. The molecule has 158 valence electrons. The van der Waals surface area contributed by atoms with E-state index in [2.05, 4.69) is 9.80 Å². The minimum atomic E-state index is -0.302. The van der Waals surface area contributed by atoms with E-state index in [0.29, 0.717) is 37.2 Å². The monoisotopic (exact) mass is 401 g/mol. The number of carbonyl (C=O) groups is 1. The van der Waals surface area contributed by atoms with E-state index in [-0.39, 0.29) is 17.1 Å². The van der Waals surface area contributed by atoms with Gasteiger partial charge in [0.15, 0.2) is 0 Å². The number of piperidine rings is 1. The van der Waals surface area contributed by atoms with E-state index >= 15 is 4.39 Å². The van der Waals surface area contributed by atoms with Gasteiger partial charge in [-0.3, -0.25) is 9.69 Å². The van der Waals surface area contributed by atoms with Gasteiger partial charge in [-0.15, -0.1) is 0 Å². The van der Waals surface area contributed by atoms with Gasteiger partial charge < -0.3 is 14.5 Å². The summed E-state index contributed by atoms with van der Waals surface area (Å²) in [6.45, 7) is 6.17. The summed E-state index contributed by atoms with van der Waals surface area (Å²) >= 11 is 0. The lowest BCUT2D eigenvalue weighted by atomic mass is 9.73. The molecule has 6 heteroatoms. The molecule has 0 N–H and O–H groups in total. The number of rotatable bonds is 3. The van der Waals surface area contributed by atoms with E-state index in [1.54, 1.807) is 6.07 Å². The molecular formula is C23H32FN3O2. The topological polar surface area (TPSA) is 36.0 Å². The maximum atomic E-state index is 15.1. The van der Waals surface area contributed by atoms with Gasteiger partial charge in [-0.05, 0) is 76.2 Å². The lowest BCUT2D eigenvalue weighted by Gasteiger charge is -2.43. The predicted molar refractivity (Wildman–Crippen MR) is 112 cm³/mol. The summed E-state index contributed by atoms with van der Waals surface area (Å²) in [6, 6.07) is 5.95. The van der Waals surface area contributed by atoms with Crippen LogP contribution in [0, 0.1) is 11.2 Å². The van der Waals surface area contributed by atoms with E-state index < -0.39 is 0 Å². The average molecular weight is 402 g/mol. The van der Waals surface area contributed by atoms with Crippen molar-refractivity contribution >= 4 is 17.3 Å². The van der Waals surface area contributed by atoms with Crippen molar-refractivity contribution in [2.24, 2.45) is 5.41 Å². The number of carbonyl (C=O) groups excluding carboxylic acids is 1. The Morgan fingerprint density at radius 2 is 1.79 bits per heavy atom. The molecule has 0 saturated carbocycles. The van der Waals surface area contributed by atoms with Crippen LogP contribution in [0.3, 0.4) is 0 Å². The molecule has 1 aromatic rings. The fraction of sp³-hybridized carbons (Fsp3) is 0.696. The van der Waals surface area contributed by atoms with Crippen LogP contribution in [0.4, 0.5) is 15.8 Å². The number of hydrogen-bond donors (Lipinski definition) is 0. The predicted octanol–water partition coefficient (Wildman–Crippen LogP) is 3.42. The zero-order valence-corrected chi connectivity index (χ0v) is 17.2. The van der Waals surface area contributed by atoms with Crippen LogP contribution >= 0.6 is 0 Å². The Labute approximate surface area is 172 Å². The molecule has 0 aliphatic carbocycles. The van der Waals surface area contributed by atoms with Gasteiger partial charge in [0.05, 0.1) is 11.1 Å². The van der Waals surface area contributed by atoms with Crippen LogP contribution in [-0.2, 0) is 9.53 Å². The number of nitrogens with zero attached hydrogens (tertiary/aromatic N) is 3. The fourth-order valence-electron chi connectivity index (χ4n) is 5.83. The highest BCUT2D eigenvalue weighted by Gasteiger charge is 2.45. The van der Waals surface area contributed by atoms with E-state index in [1.165, 1.54) is 25.9 Å². The van der Waals surface area contributed by atoms with Crippen LogP contribution in [0.15, 0.2) is 18.2 Å². The highest BCUT2D eigenvalue weighted by Crippen LogP contribution is 2.42. The third-order valence-electron chi connectivity index (χ3n) is 7.59. The van der Waals surface area contributed by atoms with Crippen molar-refractivity contribution in [1.82, 2.24) is 4.90 Å². The summed E-state index contributed by atoms with van der Waals surface area (Å²) in [6.07, 6.45) is 7.16. The molecule has 4 saturated heterocycles. The van der Waals surface area contributed by atoms with Gasteiger partial charge in [0.2, 0.25) is 5.91 Å². The van der Waals surface area contributed by atoms with Crippen molar-refractivity contribution < 1.29 is 13.9 Å². The van der Waals surface area contributed by atoms with Crippen LogP contribution in [-0.4, -0.2) is 62.8 Å². The van der Waals surface area contributed by atoms with Crippen molar-refractivity contribution in [3.8, 4) is 0 Å². The second-order valence-electron chi connectivity index (χ2n) is 9.22. The Morgan fingerprint density at radius 1 is 1.00 bits per heavy atom. The summed E-state index contributed by atoms with van der Waals surface area (Å²) in [7, 11) is 0. The average Bonchev–Trinajstić information content (AvgIpc) is 3.43. The molecule has 4 aliphatic heterocycles. The number of benzene rings is 1. The first-order chi connectivity index (χ1) is 14.2. The molecule has 1 spiro atoms. The standard InChI is InChI=1S/C23H32FN3O2/c24-20-16-18(27-12-3-7-23(22(27)28)8-14-29-15-9-23)4-5-21(20)26-13-6-19(17-26)25-10-1-2-11-25/h4-5,16,19H,1-3,6-15,17H2. The molecule has 4 aliphatic rings. The van der Waals surface area contributed by atoms with E-state index in [9.17, 15) is 4.79 Å². The molecule has 5 rings (SSSR count). The minimum absolute atomic E-state index is 0.162. The summed E-state index contributed by atoms with van der Waals surface area (Å²) in [5.74, 6) is -0.0431. The first kappa shape index (κ1) is 19.3. The largest absolute Gasteiger partial charge is 0.381 e. The fourth-order valence-corrected chi connectivity index (χ4v) is 5.83. The molecule has 1 amide bonds. The molecule has 1 unspecified atom stereocenters. The van der Waals surface area contributed by atoms with Crippen LogP contribution in [0.5, 0.6) is 0 Å². The maximum Gasteiger partial charge on any atom is 0.233 e. The summed E-state index contributed by atoms with van der Waals surface area (Å²) in [5, 5.41) is 0. The third kappa shape index (κ3) is 3.55. The number of hydrogen-bond acceptors (Lipinski definition) is 4. The van der Waals surface area contributed by atoms with Crippen LogP contribution < -0.4 is 9.80 Å². The molecule has 29 heavy (non-hydrogen) atoms. The molecule has 4 fully saturated rings. The Hall–Kier alpha value is -1.66. The normalized spacial score (nSPS) is 27.9. The molecular weight excluding hydrogens is 369 g/mol. The number of likely N-dealkylation sites (tertiary alicyclic amines) is 1. The van der Waals surface area contributed by atoms with Gasteiger partial charge in [-0.1, -0.05) is 0 Å². The van der Waals surface area contributed by atoms with E-state index in [4.69, 9.17) is 4.74 Å². The second kappa shape index (κ2) is 7.88. The Morgan fingerprint density at radius 3 is 2.55 bits per heavy atom. The summed E-state index contributed by atoms with van der Waals surface area (Å²) < 4.78 is 20.6. The van der Waals surface area contributed by atoms with Crippen LogP contribution in [0.2, 0.25) is 0 Å². The maximum absolute atomic E-state index is 15.1. The smallest absolute Gasteiger partial charge is 0.233 e. The number of halogens is 1. The summed E-state index contributed by atoms with van der Waals surface area (Å²) in [5.41, 5.74) is 1.08. The lowest BCUT2D eigenvalue weighted by molar-refractivity contribution is -0.136. The first-order valence-corrected chi connectivity index (χ1v) is 11.3.